The number of azo groups is 3. The minimum absolute atomic E-state index is 0.178. The Labute approximate surface area is 349 Å². The van der Waals surface area contributed by atoms with Gasteiger partial charge in [0.2, 0.25) is 0 Å². The molecule has 30 heteroatoms. The van der Waals surface area contributed by atoms with Crippen molar-refractivity contribution in [2.75, 3.05) is 37.9 Å². The second-order valence-corrected chi connectivity index (χ2v) is 17.7. The van der Waals surface area contributed by atoms with Crippen molar-refractivity contribution >= 4 is 96.7 Å². The summed E-state index contributed by atoms with van der Waals surface area (Å²) in [5.74, 6) is -2.73. The van der Waals surface area contributed by atoms with E-state index in [1.54, 1.807) is 0 Å². The van der Waals surface area contributed by atoms with E-state index in [0.29, 0.717) is 18.2 Å². The molecule has 0 aromatic heterocycles. The number of anilines is 2. The van der Waals surface area contributed by atoms with Crippen molar-refractivity contribution in [1.82, 2.24) is 0 Å². The zero-order chi connectivity index (χ0) is 45.9. The van der Waals surface area contributed by atoms with Gasteiger partial charge in [-0.05, 0) is 47.9 Å². The Bertz CT molecular complexity index is 3160. The van der Waals surface area contributed by atoms with Gasteiger partial charge in [0.25, 0.3) is 40.5 Å². The highest BCUT2D eigenvalue weighted by Crippen LogP contribution is 2.47. The Morgan fingerprint density at radius 2 is 1.05 bits per heavy atom. The number of aromatic hydroxyl groups is 2. The predicted molar refractivity (Wildman–Crippen MR) is 212 cm³/mol. The van der Waals surface area contributed by atoms with Crippen LogP contribution in [0.25, 0.3) is 10.8 Å². The highest BCUT2D eigenvalue weighted by molar-refractivity contribution is 7.86. The number of fused-ring (bicyclic) bond motifs is 1. The van der Waals surface area contributed by atoms with Crippen LogP contribution >= 0.6 is 0 Å². The molecule has 0 radical (unpaired) electrons. The second-order valence-electron chi connectivity index (χ2n) is 12.1. The standard InChI is InChI=1S/C32H30N8O18S4/c33-18-11-19(34)27(60(48,49)50)14-21(18)37-35-16-1-2-20(28(9-16)61(51,52)53)36-38-22-12-26(58-6-4-42)23(13-25(22)57-5-3-41)39-40-31-29(62(54,55)56)8-15-7-17(59(45,46)47)10-24(43)30(15)32(31)44/h1-2,7-14,41-44H,3-6,33-34H2,(H,45,46,47)(H,48,49,50)(H,51,52,53)(H,54,55,56)/b37-35+,38-36+,40-39+. The Kier molecular flexibility index (Phi) is 13.4. The zero-order valence-corrected chi connectivity index (χ0v) is 34.0. The van der Waals surface area contributed by atoms with E-state index >= 15 is 0 Å². The van der Waals surface area contributed by atoms with Gasteiger partial charge in [-0.25, -0.2) is 0 Å². The lowest BCUT2D eigenvalue weighted by atomic mass is 10.1. The van der Waals surface area contributed by atoms with Gasteiger partial charge in [-0.2, -0.15) is 38.8 Å². The number of nitrogens with two attached hydrogens (primary N) is 2. The van der Waals surface area contributed by atoms with E-state index in [4.69, 9.17) is 20.9 Å². The molecule has 0 aliphatic carbocycles. The molecule has 0 heterocycles. The third-order valence-electron chi connectivity index (χ3n) is 7.87. The number of nitrogens with zero attached hydrogens (tertiary/aromatic N) is 6. The molecular weight excluding hydrogens is 913 g/mol. The van der Waals surface area contributed by atoms with Crippen molar-refractivity contribution in [3.8, 4) is 23.0 Å². The smallest absolute Gasteiger partial charge is 0.296 e. The van der Waals surface area contributed by atoms with Crippen molar-refractivity contribution in [1.29, 1.82) is 0 Å². The summed E-state index contributed by atoms with van der Waals surface area (Å²) in [6, 6.07) is 8.63. The summed E-state index contributed by atoms with van der Waals surface area (Å²) in [7, 11) is -20.2. The number of phenols is 2. The highest BCUT2D eigenvalue weighted by atomic mass is 32.2. The number of aliphatic hydroxyl groups is 2. The van der Waals surface area contributed by atoms with Crippen molar-refractivity contribution < 1.29 is 81.8 Å². The van der Waals surface area contributed by atoms with E-state index in [-0.39, 0.29) is 39.9 Å². The topological polar surface area (TPSA) is 443 Å². The molecule has 330 valence electrons. The first-order valence-corrected chi connectivity index (χ1v) is 22.3. The van der Waals surface area contributed by atoms with Gasteiger partial charge < -0.3 is 41.4 Å². The molecule has 0 atom stereocenters. The summed E-state index contributed by atoms with van der Waals surface area (Å²) in [6.07, 6.45) is 0. The van der Waals surface area contributed by atoms with E-state index < -0.39 is 126 Å². The predicted octanol–water partition coefficient (Wildman–Crippen LogP) is 4.39. The number of phenolic OH excluding ortho intramolecular Hbond substituents is 2. The monoisotopic (exact) mass is 942 g/mol. The first-order valence-electron chi connectivity index (χ1n) is 16.5. The van der Waals surface area contributed by atoms with E-state index in [1.807, 2.05) is 0 Å². The van der Waals surface area contributed by atoms with Crippen LogP contribution < -0.4 is 20.9 Å². The summed E-state index contributed by atoms with van der Waals surface area (Å²) >= 11 is 0. The fraction of sp³-hybridized carbons (Fsp3) is 0.125. The van der Waals surface area contributed by atoms with E-state index in [0.717, 1.165) is 42.5 Å². The number of ether oxygens (including phenoxy) is 2. The van der Waals surface area contributed by atoms with Crippen molar-refractivity contribution in [2.24, 2.45) is 30.7 Å². The first kappa shape index (κ1) is 46.6. The zero-order valence-electron chi connectivity index (χ0n) is 30.7. The maximum absolute atomic E-state index is 12.4. The molecule has 0 aliphatic heterocycles. The second kappa shape index (κ2) is 17.9. The van der Waals surface area contributed by atoms with Crippen LogP contribution in [0.5, 0.6) is 23.0 Å². The molecule has 0 unspecified atom stereocenters. The Morgan fingerprint density at radius 1 is 0.516 bits per heavy atom. The molecule has 0 amide bonds. The van der Waals surface area contributed by atoms with Gasteiger partial charge in [0, 0.05) is 18.2 Å². The number of aliphatic hydroxyl groups excluding tert-OH is 2. The number of hydrogen-bond acceptors (Lipinski definition) is 22. The average Bonchev–Trinajstić information content (AvgIpc) is 3.16. The lowest BCUT2D eigenvalue weighted by molar-refractivity contribution is 0.198. The molecule has 0 saturated heterocycles. The number of benzene rings is 5. The largest absolute Gasteiger partial charge is 0.507 e. The lowest BCUT2D eigenvalue weighted by Crippen LogP contribution is -2.04. The lowest BCUT2D eigenvalue weighted by Gasteiger charge is -2.13. The molecule has 0 aliphatic rings. The maximum Gasteiger partial charge on any atom is 0.296 e. The fourth-order valence-corrected chi connectivity index (χ4v) is 7.66. The van der Waals surface area contributed by atoms with Gasteiger partial charge >= 0.3 is 0 Å². The Morgan fingerprint density at radius 3 is 1.58 bits per heavy atom. The van der Waals surface area contributed by atoms with Gasteiger partial charge in [-0.15, -0.1) is 25.6 Å². The van der Waals surface area contributed by atoms with Crippen LogP contribution in [-0.4, -0.2) is 98.7 Å². The van der Waals surface area contributed by atoms with Crippen molar-refractivity contribution in [3.63, 3.8) is 0 Å². The number of hydrogen-bond donors (Lipinski definition) is 10. The third-order valence-corrected chi connectivity index (χ3v) is 11.4. The molecule has 0 saturated carbocycles. The number of nitrogen functional groups attached to an aromatic ring is 2. The van der Waals surface area contributed by atoms with Gasteiger partial charge in [-0.1, -0.05) is 0 Å². The minimum atomic E-state index is -5.30. The molecule has 5 aromatic rings. The van der Waals surface area contributed by atoms with Crippen LogP contribution in [0, 0.1) is 0 Å². The summed E-state index contributed by atoms with van der Waals surface area (Å²) in [6.45, 7) is -2.02. The SMILES string of the molecule is Nc1cc(N)c(S(=O)(=O)O)cc1/N=N/c1ccc(/N=N/c2cc(OCCO)c(/N=N/c3c(S(=O)(=O)O)cc4cc(S(=O)(=O)O)cc(O)c4c3O)cc2OCCO)c(S(=O)(=O)O)c1. The maximum atomic E-state index is 12.4. The summed E-state index contributed by atoms with van der Waals surface area (Å²) < 4.78 is 146. The van der Waals surface area contributed by atoms with E-state index in [9.17, 15) is 72.3 Å². The van der Waals surface area contributed by atoms with Gasteiger partial charge in [0.05, 0.1) is 40.6 Å². The van der Waals surface area contributed by atoms with Crippen LogP contribution in [0.2, 0.25) is 0 Å². The van der Waals surface area contributed by atoms with Gasteiger partial charge in [0.15, 0.2) is 5.75 Å². The van der Waals surface area contributed by atoms with Crippen LogP contribution in [0.1, 0.15) is 0 Å². The number of rotatable bonds is 16. The average molecular weight is 943 g/mol. The summed E-state index contributed by atoms with van der Waals surface area (Å²) in [5, 5.41) is 62.4. The van der Waals surface area contributed by atoms with Crippen molar-refractivity contribution in [3.05, 3.63) is 60.7 Å². The normalized spacial score (nSPS) is 12.9. The fourth-order valence-electron chi connectivity index (χ4n) is 5.21. The molecule has 0 bridgehead atoms. The van der Waals surface area contributed by atoms with Crippen LogP contribution in [0.15, 0.2) is 111 Å². The van der Waals surface area contributed by atoms with Gasteiger partial charge in [-0.3, -0.25) is 18.2 Å². The summed E-state index contributed by atoms with van der Waals surface area (Å²) in [4.78, 5) is -3.67. The van der Waals surface area contributed by atoms with Crippen LogP contribution in [-0.2, 0) is 40.5 Å². The minimum Gasteiger partial charge on any atom is -0.507 e. The third kappa shape index (κ3) is 10.7. The molecular formula is C32H30N8O18S4. The highest BCUT2D eigenvalue weighted by Gasteiger charge is 2.26. The summed E-state index contributed by atoms with van der Waals surface area (Å²) in [5.41, 5.74) is 8.08. The van der Waals surface area contributed by atoms with E-state index in [1.165, 1.54) is 0 Å². The van der Waals surface area contributed by atoms with Crippen molar-refractivity contribution in [2.45, 2.75) is 19.6 Å². The molecule has 0 fully saturated rings. The molecule has 0 spiro atoms. The Hall–Kier alpha value is -6.48. The first-order chi connectivity index (χ1) is 28.8. The van der Waals surface area contributed by atoms with Crippen LogP contribution in [0.3, 0.4) is 0 Å². The molecule has 5 aromatic carbocycles. The van der Waals surface area contributed by atoms with E-state index in [2.05, 4.69) is 30.7 Å². The molecule has 12 N–H and O–H groups in total. The quantitative estimate of drug-likeness (QED) is 0.0372. The van der Waals surface area contributed by atoms with Crippen LogP contribution in [0.4, 0.5) is 45.5 Å². The molecule has 5 rings (SSSR count). The molecule has 62 heavy (non-hydrogen) atoms. The van der Waals surface area contributed by atoms with Gasteiger partial charge in [0.1, 0.15) is 73.6 Å². The molecule has 26 nitrogen and oxygen atoms in total. The Balaban J connectivity index is 1.61.